The van der Waals surface area contributed by atoms with Crippen LogP contribution in [-0.2, 0) is 25.2 Å². The molecular weight excluding hydrogens is 568 g/mol. The van der Waals surface area contributed by atoms with Crippen LogP contribution in [0.5, 0.6) is 0 Å². The van der Waals surface area contributed by atoms with Gasteiger partial charge in [-0.05, 0) is 59.1 Å². The first-order chi connectivity index (χ1) is 19.6. The second-order valence-electron chi connectivity index (χ2n) is 13.0. The molecule has 41 heavy (non-hydrogen) atoms. The molecule has 2 aliphatic heterocycles. The summed E-state index contributed by atoms with van der Waals surface area (Å²) in [6.07, 6.45) is 3.16. The van der Waals surface area contributed by atoms with Gasteiger partial charge in [-0.25, -0.2) is 0 Å². The lowest BCUT2D eigenvalue weighted by atomic mass is 9.94. The Bertz CT molecular complexity index is 1270. The molecule has 2 fully saturated rings. The van der Waals surface area contributed by atoms with Gasteiger partial charge in [0.25, 0.3) is 0 Å². The highest BCUT2D eigenvalue weighted by atomic mass is 35.5. The van der Waals surface area contributed by atoms with Crippen molar-refractivity contribution in [1.29, 1.82) is 0 Å². The van der Waals surface area contributed by atoms with Crippen LogP contribution in [0, 0.1) is 0 Å². The summed E-state index contributed by atoms with van der Waals surface area (Å²) < 4.78 is 26.7. The van der Waals surface area contributed by atoms with Gasteiger partial charge in [-0.15, -0.1) is 23.4 Å². The summed E-state index contributed by atoms with van der Waals surface area (Å²) in [5, 5.41) is 2.61. The smallest absolute Gasteiger partial charge is 0.192 e. The van der Waals surface area contributed by atoms with E-state index in [1.165, 1.54) is 21.2 Å². The normalized spacial score (nSPS) is 26.3. The van der Waals surface area contributed by atoms with Gasteiger partial charge in [0, 0.05) is 30.8 Å². The van der Waals surface area contributed by atoms with E-state index in [4.69, 9.17) is 30.2 Å². The molecule has 0 spiro atoms. The van der Waals surface area contributed by atoms with Crippen molar-refractivity contribution in [2.24, 2.45) is 0 Å². The Morgan fingerprint density at radius 2 is 1.68 bits per heavy atom. The van der Waals surface area contributed by atoms with Gasteiger partial charge >= 0.3 is 0 Å². The van der Waals surface area contributed by atoms with E-state index in [0.29, 0.717) is 19.6 Å². The predicted octanol–water partition coefficient (Wildman–Crippen LogP) is 9.20. The number of halogens is 1. The minimum Gasteiger partial charge on any atom is -0.411 e. The van der Waals surface area contributed by atoms with Crippen molar-refractivity contribution >= 4 is 42.5 Å². The molecule has 1 unspecified atom stereocenters. The lowest BCUT2D eigenvalue weighted by Gasteiger charge is -2.46. The molecule has 4 nitrogen and oxygen atoms in total. The fraction of sp³-hybridized carbons (Fsp3) is 0.529. The van der Waals surface area contributed by atoms with Gasteiger partial charge in [-0.2, -0.15) is 0 Å². The molecule has 0 saturated carbocycles. The average molecular weight is 613 g/mol. The van der Waals surface area contributed by atoms with Crippen LogP contribution >= 0.6 is 23.4 Å². The molecule has 0 N–H and O–H groups in total. The average Bonchev–Trinajstić information content (AvgIpc) is 3.13. The largest absolute Gasteiger partial charge is 0.411 e. The van der Waals surface area contributed by atoms with Crippen molar-refractivity contribution in [3.63, 3.8) is 0 Å². The van der Waals surface area contributed by atoms with Crippen molar-refractivity contribution in [2.45, 2.75) is 111 Å². The molecular formula is C34H45ClO4SSi. The van der Waals surface area contributed by atoms with E-state index in [2.05, 4.69) is 101 Å². The van der Waals surface area contributed by atoms with E-state index in [9.17, 15) is 0 Å². The lowest BCUT2D eigenvalue weighted by molar-refractivity contribution is -0.179. The van der Waals surface area contributed by atoms with E-state index in [1.54, 1.807) is 11.8 Å². The van der Waals surface area contributed by atoms with E-state index < -0.39 is 8.32 Å². The molecule has 3 aromatic rings. The predicted molar refractivity (Wildman–Crippen MR) is 173 cm³/mol. The number of hydrogen-bond donors (Lipinski definition) is 0. The molecule has 0 bridgehead atoms. The molecule has 2 heterocycles. The molecule has 0 aromatic heterocycles. The number of ether oxygens (including phenoxy) is 3. The second-order valence-corrected chi connectivity index (χ2v) is 19.8. The molecule has 7 heteroatoms. The SMILES string of the molecule is CC(C)(C)[Si](C)(C)O[C@H]1C[C@H]2OCC[C@H](OCc3ccc4ccccc4c3)C[C@@H]2O[C@@H]1CC(Cl)Sc1ccccc1. The molecule has 2 saturated heterocycles. The Morgan fingerprint density at radius 1 is 0.951 bits per heavy atom. The molecule has 6 atom stereocenters. The van der Waals surface area contributed by atoms with E-state index in [1.807, 2.05) is 6.07 Å². The summed E-state index contributed by atoms with van der Waals surface area (Å²) in [5.74, 6) is 0. The summed E-state index contributed by atoms with van der Waals surface area (Å²) in [4.78, 5) is 1.17. The van der Waals surface area contributed by atoms with Crippen molar-refractivity contribution in [3.8, 4) is 0 Å². The Balaban J connectivity index is 1.26. The van der Waals surface area contributed by atoms with Gasteiger partial charge in [0.1, 0.15) is 0 Å². The zero-order valence-electron chi connectivity index (χ0n) is 25.1. The maximum atomic E-state index is 7.00. The number of rotatable bonds is 9. The Morgan fingerprint density at radius 3 is 2.44 bits per heavy atom. The molecule has 5 rings (SSSR count). The quantitative estimate of drug-likeness (QED) is 0.137. The summed E-state index contributed by atoms with van der Waals surface area (Å²) in [6, 6.07) is 25.4. The van der Waals surface area contributed by atoms with Crippen LogP contribution in [0.3, 0.4) is 0 Å². The van der Waals surface area contributed by atoms with Crippen LogP contribution < -0.4 is 0 Å². The summed E-state index contributed by atoms with van der Waals surface area (Å²) in [7, 11) is -2.02. The Hall–Kier alpha value is -1.38. The van der Waals surface area contributed by atoms with Crippen LogP contribution in [0.2, 0.25) is 18.1 Å². The maximum absolute atomic E-state index is 7.00. The first-order valence-electron chi connectivity index (χ1n) is 15.0. The van der Waals surface area contributed by atoms with Gasteiger partial charge in [0.2, 0.25) is 0 Å². The van der Waals surface area contributed by atoms with Gasteiger partial charge in [0.15, 0.2) is 8.32 Å². The minimum atomic E-state index is -2.02. The zero-order chi connectivity index (χ0) is 29.0. The third-order valence-electron chi connectivity index (χ3n) is 8.89. The fourth-order valence-corrected chi connectivity index (χ4v) is 8.24. The molecule has 3 aromatic carbocycles. The van der Waals surface area contributed by atoms with Crippen LogP contribution in [0.1, 0.15) is 52.0 Å². The van der Waals surface area contributed by atoms with Gasteiger partial charge in [0.05, 0.1) is 41.8 Å². The highest BCUT2D eigenvalue weighted by molar-refractivity contribution is 8.01. The second kappa shape index (κ2) is 13.5. The van der Waals surface area contributed by atoms with Crippen LogP contribution in [0.25, 0.3) is 10.8 Å². The van der Waals surface area contributed by atoms with E-state index in [-0.39, 0.29) is 40.3 Å². The lowest BCUT2D eigenvalue weighted by Crippen LogP contribution is -2.54. The van der Waals surface area contributed by atoms with Crippen LogP contribution in [0.15, 0.2) is 77.7 Å². The standard InChI is InChI=1S/C34H45ClO4SSi/c1-34(2,3)41(4,5)39-32-21-29-30(38-31(32)22-33(35)40-28-13-7-6-8-14-28)20-27(17-18-36-29)37-23-24-15-16-25-11-9-10-12-26(25)19-24/h6-16,19,27,29-33H,17-18,20-23H2,1-5H3/t27-,29+,30-,31+,32-,33?/m0/s1. The third-order valence-corrected chi connectivity index (χ3v) is 14.8. The van der Waals surface area contributed by atoms with Crippen LogP contribution in [-0.4, -0.2) is 50.2 Å². The highest BCUT2D eigenvalue weighted by Gasteiger charge is 2.47. The van der Waals surface area contributed by atoms with Crippen molar-refractivity contribution < 1.29 is 18.6 Å². The van der Waals surface area contributed by atoms with E-state index >= 15 is 0 Å². The zero-order valence-corrected chi connectivity index (χ0v) is 27.6. The third kappa shape index (κ3) is 8.17. The maximum Gasteiger partial charge on any atom is 0.192 e. The first-order valence-corrected chi connectivity index (χ1v) is 19.2. The summed E-state index contributed by atoms with van der Waals surface area (Å²) in [5.41, 5.74) is 1.19. The number of hydrogen-bond acceptors (Lipinski definition) is 5. The Kier molecular flexibility index (Phi) is 10.2. The topological polar surface area (TPSA) is 36.9 Å². The van der Waals surface area contributed by atoms with Crippen molar-refractivity contribution in [3.05, 3.63) is 78.4 Å². The highest BCUT2D eigenvalue weighted by Crippen LogP contribution is 2.42. The molecule has 0 radical (unpaired) electrons. The summed E-state index contributed by atoms with van der Waals surface area (Å²) in [6.45, 7) is 12.8. The summed E-state index contributed by atoms with van der Waals surface area (Å²) >= 11 is 8.64. The first kappa shape index (κ1) is 31.1. The van der Waals surface area contributed by atoms with Gasteiger partial charge in [-0.3, -0.25) is 0 Å². The molecule has 222 valence electrons. The molecule has 0 aliphatic carbocycles. The number of alkyl halides is 1. The van der Waals surface area contributed by atoms with Crippen molar-refractivity contribution in [1.82, 2.24) is 0 Å². The molecule has 0 amide bonds. The van der Waals surface area contributed by atoms with E-state index in [0.717, 1.165) is 19.3 Å². The van der Waals surface area contributed by atoms with Crippen molar-refractivity contribution in [2.75, 3.05) is 6.61 Å². The van der Waals surface area contributed by atoms with Gasteiger partial charge < -0.3 is 18.6 Å². The van der Waals surface area contributed by atoms with Crippen LogP contribution in [0.4, 0.5) is 0 Å². The number of benzene rings is 3. The minimum absolute atomic E-state index is 0.00541. The monoisotopic (exact) mass is 612 g/mol. The number of thioether (sulfide) groups is 1. The fourth-order valence-electron chi connectivity index (χ4n) is 5.50. The number of fused-ring (bicyclic) bond motifs is 2. The Labute approximate surface area is 256 Å². The molecule has 2 aliphatic rings. The van der Waals surface area contributed by atoms with Gasteiger partial charge in [-0.1, -0.05) is 75.4 Å².